The third-order valence-corrected chi connectivity index (χ3v) is 4.93. The predicted octanol–water partition coefficient (Wildman–Crippen LogP) is 2.56. The first-order valence-electron chi connectivity index (χ1n) is 9.28. The minimum absolute atomic E-state index is 0.579. The summed E-state index contributed by atoms with van der Waals surface area (Å²) in [7, 11) is 0. The molecule has 6 heteroatoms. The van der Waals surface area contributed by atoms with Gasteiger partial charge in [-0.05, 0) is 50.6 Å². The van der Waals surface area contributed by atoms with Gasteiger partial charge in [-0.1, -0.05) is 12.1 Å². The van der Waals surface area contributed by atoms with Crippen LogP contribution in [0.2, 0.25) is 0 Å². The van der Waals surface area contributed by atoms with Gasteiger partial charge < -0.3 is 10.6 Å². The van der Waals surface area contributed by atoms with Crippen molar-refractivity contribution < 1.29 is 0 Å². The molecule has 0 fully saturated rings. The summed E-state index contributed by atoms with van der Waals surface area (Å²) >= 11 is 0. The highest BCUT2D eigenvalue weighted by Gasteiger charge is 2.17. The van der Waals surface area contributed by atoms with Gasteiger partial charge in [0, 0.05) is 37.3 Å². The zero-order chi connectivity index (χ0) is 17.9. The number of hydrogen-bond acceptors (Lipinski definition) is 4. The second-order valence-electron chi connectivity index (χ2n) is 7.10. The van der Waals surface area contributed by atoms with Crippen LogP contribution in [0, 0.1) is 19.8 Å². The van der Waals surface area contributed by atoms with Crippen LogP contribution in [-0.2, 0) is 13.0 Å². The van der Waals surface area contributed by atoms with Gasteiger partial charge in [-0.2, -0.15) is 10.2 Å². The number of nitrogens with zero attached hydrogens (tertiary/aromatic N) is 4. The van der Waals surface area contributed by atoms with E-state index in [1.54, 1.807) is 0 Å². The van der Waals surface area contributed by atoms with Crippen LogP contribution in [0.5, 0.6) is 0 Å². The molecule has 0 radical (unpaired) electrons. The highest BCUT2D eigenvalue weighted by molar-refractivity contribution is 5.36. The molecule has 1 aromatic carbocycles. The molecule has 3 aromatic rings. The molecule has 3 heterocycles. The normalized spacial score (nSPS) is 16.3. The van der Waals surface area contributed by atoms with Crippen molar-refractivity contribution in [3.8, 4) is 5.69 Å². The van der Waals surface area contributed by atoms with Gasteiger partial charge in [0.15, 0.2) is 0 Å². The SMILES string of the molecule is Cc1cc(C)n(-c2ccc(CCNC[C@H]3CNc4ccnn4C3)cc2)n1. The van der Waals surface area contributed by atoms with Crippen LogP contribution >= 0.6 is 0 Å². The number of rotatable bonds is 6. The summed E-state index contributed by atoms with van der Waals surface area (Å²) in [5.74, 6) is 1.71. The third kappa shape index (κ3) is 3.65. The first kappa shape index (κ1) is 16.8. The predicted molar refractivity (Wildman–Crippen MR) is 104 cm³/mol. The summed E-state index contributed by atoms with van der Waals surface area (Å²) in [5.41, 5.74) is 4.68. The number of fused-ring (bicyclic) bond motifs is 1. The summed E-state index contributed by atoms with van der Waals surface area (Å²) in [6.07, 6.45) is 2.89. The van der Waals surface area contributed by atoms with Gasteiger partial charge in [0.2, 0.25) is 0 Å². The van der Waals surface area contributed by atoms with Crippen molar-refractivity contribution in [3.05, 3.63) is 59.5 Å². The zero-order valence-corrected chi connectivity index (χ0v) is 15.4. The van der Waals surface area contributed by atoms with Gasteiger partial charge in [0.1, 0.15) is 5.82 Å². The standard InChI is InChI=1S/C20H26N6/c1-15-11-16(2)26(24-15)19-5-3-17(4-6-19)7-9-21-12-18-13-22-20-8-10-23-25(20)14-18/h3-6,8,10-11,18,21-22H,7,9,12-14H2,1-2H3/t18-/m0/s1. The Labute approximate surface area is 154 Å². The monoisotopic (exact) mass is 350 g/mol. The van der Waals surface area contributed by atoms with Crippen LogP contribution in [0.4, 0.5) is 5.82 Å². The Morgan fingerprint density at radius 1 is 1.19 bits per heavy atom. The molecule has 2 aromatic heterocycles. The first-order chi connectivity index (χ1) is 12.7. The van der Waals surface area contributed by atoms with E-state index in [0.717, 1.165) is 49.8 Å². The van der Waals surface area contributed by atoms with Crippen molar-refractivity contribution in [2.24, 2.45) is 5.92 Å². The Kier molecular flexibility index (Phi) is 4.75. The number of anilines is 1. The van der Waals surface area contributed by atoms with Gasteiger partial charge >= 0.3 is 0 Å². The van der Waals surface area contributed by atoms with Crippen molar-refractivity contribution in [1.82, 2.24) is 24.9 Å². The van der Waals surface area contributed by atoms with E-state index in [-0.39, 0.29) is 0 Å². The molecule has 0 saturated heterocycles. The van der Waals surface area contributed by atoms with E-state index in [0.29, 0.717) is 5.92 Å². The van der Waals surface area contributed by atoms with Crippen molar-refractivity contribution in [2.45, 2.75) is 26.8 Å². The van der Waals surface area contributed by atoms with E-state index in [1.165, 1.54) is 11.3 Å². The van der Waals surface area contributed by atoms with E-state index < -0.39 is 0 Å². The van der Waals surface area contributed by atoms with Gasteiger partial charge in [-0.3, -0.25) is 0 Å². The maximum absolute atomic E-state index is 4.54. The Bertz CT molecular complexity index is 861. The maximum Gasteiger partial charge on any atom is 0.124 e. The highest BCUT2D eigenvalue weighted by atomic mass is 15.3. The van der Waals surface area contributed by atoms with Crippen LogP contribution in [0.15, 0.2) is 42.6 Å². The molecule has 2 N–H and O–H groups in total. The fourth-order valence-electron chi connectivity index (χ4n) is 3.56. The molecular weight excluding hydrogens is 324 g/mol. The number of nitrogens with one attached hydrogen (secondary N) is 2. The second kappa shape index (κ2) is 7.33. The molecular formula is C20H26N6. The number of benzene rings is 1. The third-order valence-electron chi connectivity index (χ3n) is 4.93. The smallest absolute Gasteiger partial charge is 0.124 e. The molecule has 6 nitrogen and oxygen atoms in total. The van der Waals surface area contributed by atoms with Gasteiger partial charge in [-0.15, -0.1) is 0 Å². The molecule has 0 spiro atoms. The Balaban J connectivity index is 1.25. The Morgan fingerprint density at radius 2 is 2.04 bits per heavy atom. The van der Waals surface area contributed by atoms with Gasteiger partial charge in [-0.25, -0.2) is 9.36 Å². The highest BCUT2D eigenvalue weighted by Crippen LogP contribution is 2.16. The van der Waals surface area contributed by atoms with Crippen LogP contribution in [0.1, 0.15) is 17.0 Å². The van der Waals surface area contributed by atoms with E-state index >= 15 is 0 Å². The quantitative estimate of drug-likeness (QED) is 0.671. The maximum atomic E-state index is 4.54. The lowest BCUT2D eigenvalue weighted by Gasteiger charge is -2.25. The molecule has 4 rings (SSSR count). The van der Waals surface area contributed by atoms with Crippen LogP contribution in [-0.4, -0.2) is 39.2 Å². The van der Waals surface area contributed by atoms with Crippen LogP contribution < -0.4 is 10.6 Å². The summed E-state index contributed by atoms with van der Waals surface area (Å²) in [6.45, 7) is 8.11. The molecule has 0 saturated carbocycles. The average molecular weight is 350 g/mol. The van der Waals surface area contributed by atoms with Crippen molar-refractivity contribution >= 4 is 5.82 Å². The summed E-state index contributed by atoms with van der Waals surface area (Å²) in [5, 5.41) is 15.9. The van der Waals surface area contributed by atoms with Crippen LogP contribution in [0.25, 0.3) is 5.69 Å². The van der Waals surface area contributed by atoms with Crippen molar-refractivity contribution in [3.63, 3.8) is 0 Å². The molecule has 1 aliphatic heterocycles. The van der Waals surface area contributed by atoms with E-state index in [2.05, 4.69) is 58.1 Å². The lowest BCUT2D eigenvalue weighted by atomic mass is 10.1. The molecule has 0 bridgehead atoms. The molecule has 0 aliphatic carbocycles. The average Bonchev–Trinajstić information content (AvgIpc) is 3.24. The van der Waals surface area contributed by atoms with Gasteiger partial charge in [0.25, 0.3) is 0 Å². The van der Waals surface area contributed by atoms with Crippen LogP contribution in [0.3, 0.4) is 0 Å². The molecule has 0 unspecified atom stereocenters. The number of aryl methyl sites for hydroxylation is 2. The Morgan fingerprint density at radius 3 is 2.81 bits per heavy atom. The zero-order valence-electron chi connectivity index (χ0n) is 15.4. The first-order valence-corrected chi connectivity index (χ1v) is 9.28. The Hall–Kier alpha value is -2.60. The molecule has 26 heavy (non-hydrogen) atoms. The lowest BCUT2D eigenvalue weighted by Crippen LogP contribution is -2.36. The van der Waals surface area contributed by atoms with E-state index in [1.807, 2.05) is 28.6 Å². The summed E-state index contributed by atoms with van der Waals surface area (Å²) in [4.78, 5) is 0. The van der Waals surface area contributed by atoms with Gasteiger partial charge in [0.05, 0.1) is 17.6 Å². The molecule has 0 amide bonds. The lowest BCUT2D eigenvalue weighted by molar-refractivity contribution is 0.393. The van der Waals surface area contributed by atoms with E-state index in [9.17, 15) is 0 Å². The van der Waals surface area contributed by atoms with Crippen molar-refractivity contribution in [1.29, 1.82) is 0 Å². The van der Waals surface area contributed by atoms with E-state index in [4.69, 9.17) is 0 Å². The molecule has 136 valence electrons. The largest absolute Gasteiger partial charge is 0.370 e. The number of aromatic nitrogens is 4. The molecule has 1 aliphatic rings. The fourth-order valence-corrected chi connectivity index (χ4v) is 3.56. The minimum Gasteiger partial charge on any atom is -0.370 e. The molecule has 1 atom stereocenters. The summed E-state index contributed by atoms with van der Waals surface area (Å²) in [6, 6.07) is 12.8. The summed E-state index contributed by atoms with van der Waals surface area (Å²) < 4.78 is 4.05. The second-order valence-corrected chi connectivity index (χ2v) is 7.10. The number of hydrogen-bond donors (Lipinski definition) is 2. The fraction of sp³-hybridized carbons (Fsp3) is 0.400. The topological polar surface area (TPSA) is 59.7 Å². The minimum atomic E-state index is 0.579. The van der Waals surface area contributed by atoms with Crippen molar-refractivity contribution in [2.75, 3.05) is 25.0 Å².